The highest BCUT2D eigenvalue weighted by molar-refractivity contribution is 5.97. The zero-order valence-electron chi connectivity index (χ0n) is 13.2. The lowest BCUT2D eigenvalue weighted by molar-refractivity contribution is -0.123. The molecule has 0 aliphatic carbocycles. The lowest BCUT2D eigenvalue weighted by Crippen LogP contribution is -2.53. The SMILES string of the molecule is CC(C)n1cc2cc(NC(=O)[C@H]3NCCO[C@@H]3C)ccc2n1. The molecule has 2 heterocycles. The first kappa shape index (κ1) is 15.0. The number of amides is 1. The largest absolute Gasteiger partial charge is 0.375 e. The highest BCUT2D eigenvalue weighted by atomic mass is 16.5. The number of carbonyl (C=O) groups is 1. The lowest BCUT2D eigenvalue weighted by Gasteiger charge is -2.29. The van der Waals surface area contributed by atoms with Gasteiger partial charge in [0, 0.05) is 29.9 Å². The van der Waals surface area contributed by atoms with Crippen LogP contribution in [0.2, 0.25) is 0 Å². The maximum absolute atomic E-state index is 12.4. The van der Waals surface area contributed by atoms with Crippen molar-refractivity contribution in [2.24, 2.45) is 0 Å². The third-order valence-corrected chi connectivity index (χ3v) is 3.92. The fourth-order valence-electron chi connectivity index (χ4n) is 2.63. The summed E-state index contributed by atoms with van der Waals surface area (Å²) in [6.45, 7) is 7.43. The Labute approximate surface area is 129 Å². The molecule has 2 aromatic rings. The third kappa shape index (κ3) is 2.98. The van der Waals surface area contributed by atoms with Gasteiger partial charge >= 0.3 is 0 Å². The average Bonchev–Trinajstić information content (AvgIpc) is 2.91. The molecule has 1 aromatic heterocycles. The summed E-state index contributed by atoms with van der Waals surface area (Å²) in [6.07, 6.45) is 1.88. The van der Waals surface area contributed by atoms with E-state index < -0.39 is 0 Å². The van der Waals surface area contributed by atoms with E-state index in [-0.39, 0.29) is 18.1 Å². The summed E-state index contributed by atoms with van der Waals surface area (Å²) >= 11 is 0. The molecule has 1 aliphatic heterocycles. The lowest BCUT2D eigenvalue weighted by atomic mass is 10.1. The molecule has 1 aliphatic rings. The maximum Gasteiger partial charge on any atom is 0.244 e. The number of nitrogens with one attached hydrogen (secondary N) is 2. The molecule has 6 heteroatoms. The van der Waals surface area contributed by atoms with Crippen molar-refractivity contribution < 1.29 is 9.53 Å². The van der Waals surface area contributed by atoms with E-state index in [1.807, 2.05) is 36.0 Å². The minimum atomic E-state index is -0.317. The quantitative estimate of drug-likeness (QED) is 0.909. The van der Waals surface area contributed by atoms with E-state index in [4.69, 9.17) is 4.74 Å². The van der Waals surface area contributed by atoms with Crippen molar-refractivity contribution in [3.63, 3.8) is 0 Å². The van der Waals surface area contributed by atoms with Gasteiger partial charge in [-0.25, -0.2) is 0 Å². The van der Waals surface area contributed by atoms with Crippen LogP contribution >= 0.6 is 0 Å². The van der Waals surface area contributed by atoms with E-state index >= 15 is 0 Å². The topological polar surface area (TPSA) is 68.2 Å². The monoisotopic (exact) mass is 302 g/mol. The second-order valence-corrected chi connectivity index (χ2v) is 5.97. The number of fused-ring (bicyclic) bond motifs is 1. The van der Waals surface area contributed by atoms with Crippen molar-refractivity contribution >= 4 is 22.5 Å². The zero-order chi connectivity index (χ0) is 15.7. The van der Waals surface area contributed by atoms with Crippen LogP contribution < -0.4 is 10.6 Å². The molecule has 6 nitrogen and oxygen atoms in total. The van der Waals surface area contributed by atoms with Gasteiger partial charge in [0.05, 0.1) is 18.2 Å². The van der Waals surface area contributed by atoms with Gasteiger partial charge in [-0.15, -0.1) is 0 Å². The maximum atomic E-state index is 12.4. The number of ether oxygens (including phenoxy) is 1. The molecule has 1 amide bonds. The Kier molecular flexibility index (Phi) is 4.13. The second-order valence-electron chi connectivity index (χ2n) is 5.97. The van der Waals surface area contributed by atoms with Gasteiger partial charge < -0.3 is 15.4 Å². The number of nitrogens with zero attached hydrogens (tertiary/aromatic N) is 2. The molecule has 2 N–H and O–H groups in total. The first-order valence-corrected chi connectivity index (χ1v) is 7.69. The van der Waals surface area contributed by atoms with Crippen LogP contribution in [0.5, 0.6) is 0 Å². The summed E-state index contributed by atoms with van der Waals surface area (Å²) in [5, 5.41) is 11.7. The molecule has 1 aromatic carbocycles. The van der Waals surface area contributed by atoms with Gasteiger partial charge in [-0.3, -0.25) is 9.48 Å². The number of carbonyl (C=O) groups excluding carboxylic acids is 1. The van der Waals surface area contributed by atoms with E-state index in [2.05, 4.69) is 29.6 Å². The number of aromatic nitrogens is 2. The summed E-state index contributed by atoms with van der Waals surface area (Å²) in [7, 11) is 0. The van der Waals surface area contributed by atoms with Gasteiger partial charge in [-0.1, -0.05) is 0 Å². The van der Waals surface area contributed by atoms with E-state index in [0.717, 1.165) is 16.6 Å². The number of rotatable bonds is 3. The van der Waals surface area contributed by atoms with E-state index in [0.29, 0.717) is 19.2 Å². The van der Waals surface area contributed by atoms with Crippen molar-refractivity contribution in [1.29, 1.82) is 0 Å². The number of morpholine rings is 1. The van der Waals surface area contributed by atoms with Gasteiger partial charge in [0.2, 0.25) is 5.91 Å². The standard InChI is InChI=1S/C16H22N4O2/c1-10(2)20-9-12-8-13(4-5-14(12)19-20)18-16(21)15-11(3)22-7-6-17-15/h4-5,8-11,15,17H,6-7H2,1-3H3,(H,18,21)/t11-,15+/m1/s1. The van der Waals surface area contributed by atoms with Crippen LogP contribution in [0.1, 0.15) is 26.8 Å². The smallest absolute Gasteiger partial charge is 0.244 e. The fourth-order valence-corrected chi connectivity index (χ4v) is 2.63. The molecule has 22 heavy (non-hydrogen) atoms. The Morgan fingerprint density at radius 1 is 1.50 bits per heavy atom. The molecule has 118 valence electrons. The fraction of sp³-hybridized carbons (Fsp3) is 0.500. The molecule has 0 saturated carbocycles. The Balaban J connectivity index is 1.77. The van der Waals surface area contributed by atoms with E-state index in [1.165, 1.54) is 0 Å². The predicted octanol–water partition coefficient (Wildman–Crippen LogP) is 1.93. The number of anilines is 1. The number of hydrogen-bond acceptors (Lipinski definition) is 4. The normalized spacial score (nSPS) is 22.2. The highest BCUT2D eigenvalue weighted by Gasteiger charge is 2.28. The van der Waals surface area contributed by atoms with Crippen LogP contribution in [-0.2, 0) is 9.53 Å². The predicted molar refractivity (Wildman–Crippen MR) is 86.0 cm³/mol. The second kappa shape index (κ2) is 6.06. The molecular weight excluding hydrogens is 280 g/mol. The summed E-state index contributed by atoms with van der Waals surface area (Å²) in [4.78, 5) is 12.4. The molecule has 0 radical (unpaired) electrons. The van der Waals surface area contributed by atoms with Crippen molar-refractivity contribution in [3.05, 3.63) is 24.4 Å². The van der Waals surface area contributed by atoms with Gasteiger partial charge in [0.15, 0.2) is 0 Å². The molecule has 2 atom stereocenters. The molecule has 1 saturated heterocycles. The van der Waals surface area contributed by atoms with Crippen LogP contribution in [0.4, 0.5) is 5.69 Å². The van der Waals surface area contributed by atoms with Gasteiger partial charge in [0.1, 0.15) is 6.04 Å². The Hall–Kier alpha value is -1.92. The van der Waals surface area contributed by atoms with Crippen molar-refractivity contribution in [3.8, 4) is 0 Å². The number of benzene rings is 1. The first-order chi connectivity index (χ1) is 10.5. The summed E-state index contributed by atoms with van der Waals surface area (Å²) < 4.78 is 7.44. The molecule has 0 unspecified atom stereocenters. The zero-order valence-corrected chi connectivity index (χ0v) is 13.2. The summed E-state index contributed by atoms with van der Waals surface area (Å²) in [6, 6.07) is 5.76. The Morgan fingerprint density at radius 2 is 2.32 bits per heavy atom. The molecule has 3 rings (SSSR count). The molecular formula is C16H22N4O2. The summed E-state index contributed by atoms with van der Waals surface area (Å²) in [5.74, 6) is -0.0669. The van der Waals surface area contributed by atoms with Crippen LogP contribution in [0.15, 0.2) is 24.4 Å². The van der Waals surface area contributed by atoms with Crippen LogP contribution in [-0.4, -0.2) is 41.0 Å². The van der Waals surface area contributed by atoms with Crippen LogP contribution in [0.3, 0.4) is 0 Å². The van der Waals surface area contributed by atoms with E-state index in [9.17, 15) is 4.79 Å². The van der Waals surface area contributed by atoms with Crippen molar-refractivity contribution in [2.45, 2.75) is 39.0 Å². The summed E-state index contributed by atoms with van der Waals surface area (Å²) in [5.41, 5.74) is 1.71. The molecule has 0 spiro atoms. The first-order valence-electron chi connectivity index (χ1n) is 7.69. The van der Waals surface area contributed by atoms with Crippen molar-refractivity contribution in [1.82, 2.24) is 15.1 Å². The average molecular weight is 302 g/mol. The van der Waals surface area contributed by atoms with Crippen LogP contribution in [0, 0.1) is 0 Å². The van der Waals surface area contributed by atoms with Gasteiger partial charge in [0.25, 0.3) is 0 Å². The number of hydrogen-bond donors (Lipinski definition) is 2. The minimum Gasteiger partial charge on any atom is -0.375 e. The van der Waals surface area contributed by atoms with Crippen molar-refractivity contribution in [2.75, 3.05) is 18.5 Å². The van der Waals surface area contributed by atoms with Crippen LogP contribution in [0.25, 0.3) is 10.9 Å². The highest BCUT2D eigenvalue weighted by Crippen LogP contribution is 2.20. The Morgan fingerprint density at radius 3 is 3.05 bits per heavy atom. The van der Waals surface area contributed by atoms with Gasteiger partial charge in [-0.2, -0.15) is 5.10 Å². The van der Waals surface area contributed by atoms with Gasteiger partial charge in [-0.05, 0) is 39.0 Å². The third-order valence-electron chi connectivity index (χ3n) is 3.92. The minimum absolute atomic E-state index is 0.0669. The Bertz CT molecular complexity index is 680. The molecule has 1 fully saturated rings. The van der Waals surface area contributed by atoms with E-state index in [1.54, 1.807) is 0 Å². The molecule has 0 bridgehead atoms.